The minimum atomic E-state index is -0.186. The third kappa shape index (κ3) is 5.29. The van der Waals surface area contributed by atoms with Crippen molar-refractivity contribution in [1.82, 2.24) is 9.97 Å². The number of fused-ring (bicyclic) bond motifs is 1. The first kappa shape index (κ1) is 22.5. The SMILES string of the molecule is O=C(Nc1ccc(-c2nc3ccc(C(=O)Nc4ccc(P)cc4)cc3[nH]2)cc1)C1=CC=CCC=C1. The van der Waals surface area contributed by atoms with E-state index in [9.17, 15) is 9.59 Å². The highest BCUT2D eigenvalue weighted by Crippen LogP contribution is 2.24. The summed E-state index contributed by atoms with van der Waals surface area (Å²) in [7, 11) is 2.62. The molecule has 1 atom stereocenters. The maximum absolute atomic E-state index is 12.7. The van der Waals surface area contributed by atoms with E-state index in [0.29, 0.717) is 22.6 Å². The second kappa shape index (κ2) is 9.92. The van der Waals surface area contributed by atoms with Crippen LogP contribution in [0.1, 0.15) is 16.8 Å². The van der Waals surface area contributed by atoms with Crippen LogP contribution in [0.2, 0.25) is 0 Å². The van der Waals surface area contributed by atoms with Crippen LogP contribution in [0.15, 0.2) is 103 Å². The van der Waals surface area contributed by atoms with Gasteiger partial charge in [0.05, 0.1) is 11.0 Å². The van der Waals surface area contributed by atoms with Crippen LogP contribution in [0.5, 0.6) is 0 Å². The fourth-order valence-electron chi connectivity index (χ4n) is 3.70. The van der Waals surface area contributed by atoms with Gasteiger partial charge in [-0.15, -0.1) is 9.24 Å². The number of nitrogens with one attached hydrogen (secondary N) is 3. The summed E-state index contributed by atoms with van der Waals surface area (Å²) in [5.41, 5.74) is 5.00. The Labute approximate surface area is 205 Å². The number of carbonyl (C=O) groups excluding carboxylic acids is 2. The molecular formula is C28H23N4O2P. The van der Waals surface area contributed by atoms with Crippen molar-refractivity contribution >= 4 is 48.8 Å². The summed E-state index contributed by atoms with van der Waals surface area (Å²) in [5, 5.41) is 6.88. The molecule has 0 spiro atoms. The molecule has 0 fully saturated rings. The van der Waals surface area contributed by atoms with Gasteiger partial charge in [-0.3, -0.25) is 9.59 Å². The molecule has 3 aromatic carbocycles. The number of imidazole rings is 1. The first-order valence-electron chi connectivity index (χ1n) is 11.2. The van der Waals surface area contributed by atoms with E-state index in [1.165, 1.54) is 0 Å². The molecule has 1 aliphatic rings. The zero-order valence-corrected chi connectivity index (χ0v) is 19.9. The molecule has 6 nitrogen and oxygen atoms in total. The van der Waals surface area contributed by atoms with E-state index < -0.39 is 0 Å². The Kier molecular flexibility index (Phi) is 6.38. The van der Waals surface area contributed by atoms with Crippen molar-refractivity contribution in [3.05, 3.63) is 108 Å². The third-order valence-corrected chi connectivity index (χ3v) is 5.96. The lowest BCUT2D eigenvalue weighted by Gasteiger charge is -2.06. The summed E-state index contributed by atoms with van der Waals surface area (Å²) < 4.78 is 0. The number of amides is 2. The highest BCUT2D eigenvalue weighted by atomic mass is 31.0. The fourth-order valence-corrected chi connectivity index (χ4v) is 3.90. The fraction of sp³-hybridized carbons (Fsp3) is 0.0357. The third-order valence-electron chi connectivity index (χ3n) is 5.57. The van der Waals surface area contributed by atoms with Crippen LogP contribution in [0, 0.1) is 0 Å². The number of rotatable bonds is 5. The number of carbonyl (C=O) groups is 2. The standard InChI is InChI=1S/C28H23N4O2P/c33-27(19-5-3-1-2-4-6-19)29-21-10-7-18(8-11-21)26-31-24-16-9-20(17-25(24)32-26)28(34)30-22-12-14-23(35)15-13-22/h1,3-17H,2,35H2,(H,29,33)(H,30,34)(H,31,32). The molecule has 1 heterocycles. The monoisotopic (exact) mass is 478 g/mol. The molecule has 1 unspecified atom stereocenters. The van der Waals surface area contributed by atoms with E-state index in [4.69, 9.17) is 0 Å². The summed E-state index contributed by atoms with van der Waals surface area (Å²) in [6, 6.07) is 20.4. The number of aromatic nitrogens is 2. The number of hydrogen-bond acceptors (Lipinski definition) is 3. The molecule has 0 radical (unpaired) electrons. The number of hydrogen-bond donors (Lipinski definition) is 3. The van der Waals surface area contributed by atoms with Gasteiger partial charge in [0.25, 0.3) is 11.8 Å². The van der Waals surface area contributed by atoms with Gasteiger partial charge in [-0.2, -0.15) is 0 Å². The highest BCUT2D eigenvalue weighted by Gasteiger charge is 2.12. The van der Waals surface area contributed by atoms with Crippen molar-refractivity contribution < 1.29 is 9.59 Å². The van der Waals surface area contributed by atoms with E-state index in [-0.39, 0.29) is 11.8 Å². The van der Waals surface area contributed by atoms with Crippen LogP contribution in [0.25, 0.3) is 22.4 Å². The van der Waals surface area contributed by atoms with Gasteiger partial charge < -0.3 is 15.6 Å². The van der Waals surface area contributed by atoms with Gasteiger partial charge in [0, 0.05) is 28.1 Å². The van der Waals surface area contributed by atoms with Gasteiger partial charge in [0.15, 0.2) is 0 Å². The first-order valence-corrected chi connectivity index (χ1v) is 11.7. The molecule has 0 aliphatic heterocycles. The number of anilines is 2. The molecule has 0 saturated heterocycles. The number of allylic oxidation sites excluding steroid dienone is 4. The van der Waals surface area contributed by atoms with Crippen molar-refractivity contribution in [2.75, 3.05) is 10.6 Å². The summed E-state index contributed by atoms with van der Waals surface area (Å²) in [6.07, 6.45) is 10.3. The van der Waals surface area contributed by atoms with E-state index in [0.717, 1.165) is 34.0 Å². The minimum absolute atomic E-state index is 0.153. The molecule has 172 valence electrons. The Morgan fingerprint density at radius 2 is 1.57 bits per heavy atom. The Bertz CT molecular complexity index is 1500. The molecule has 7 heteroatoms. The van der Waals surface area contributed by atoms with E-state index in [1.54, 1.807) is 18.2 Å². The lowest BCUT2D eigenvalue weighted by Crippen LogP contribution is -2.13. The van der Waals surface area contributed by atoms with Crippen LogP contribution in [0.3, 0.4) is 0 Å². The molecule has 0 saturated carbocycles. The first-order chi connectivity index (χ1) is 17.0. The van der Waals surface area contributed by atoms with Crippen LogP contribution in [-0.2, 0) is 4.79 Å². The highest BCUT2D eigenvalue weighted by molar-refractivity contribution is 7.27. The Balaban J connectivity index is 1.30. The summed E-state index contributed by atoms with van der Waals surface area (Å²) in [5.74, 6) is 0.347. The lowest BCUT2D eigenvalue weighted by molar-refractivity contribution is -0.112. The van der Waals surface area contributed by atoms with E-state index in [1.807, 2.05) is 78.9 Å². The van der Waals surface area contributed by atoms with Gasteiger partial charge in [-0.05, 0) is 72.4 Å². The topological polar surface area (TPSA) is 86.9 Å². The second-order valence-electron chi connectivity index (χ2n) is 8.11. The zero-order valence-electron chi connectivity index (χ0n) is 18.8. The largest absolute Gasteiger partial charge is 0.338 e. The van der Waals surface area contributed by atoms with Crippen LogP contribution < -0.4 is 15.9 Å². The van der Waals surface area contributed by atoms with Gasteiger partial charge >= 0.3 is 0 Å². The van der Waals surface area contributed by atoms with Crippen molar-refractivity contribution in [3.8, 4) is 11.4 Å². The zero-order chi connectivity index (χ0) is 24.2. The minimum Gasteiger partial charge on any atom is -0.338 e. The van der Waals surface area contributed by atoms with Crippen LogP contribution in [0.4, 0.5) is 11.4 Å². The smallest absolute Gasteiger partial charge is 0.255 e. The Morgan fingerprint density at radius 1 is 0.857 bits per heavy atom. The molecular weight excluding hydrogens is 455 g/mol. The molecule has 0 bridgehead atoms. The molecule has 5 rings (SSSR count). The van der Waals surface area contributed by atoms with Crippen molar-refractivity contribution in [2.24, 2.45) is 0 Å². The Hall–Kier alpha value is -4.28. The maximum Gasteiger partial charge on any atom is 0.255 e. The van der Waals surface area contributed by atoms with Gasteiger partial charge in [0.2, 0.25) is 0 Å². The number of benzene rings is 3. The average Bonchev–Trinajstić information content (AvgIpc) is 3.10. The number of nitrogens with zero attached hydrogens (tertiary/aromatic N) is 1. The van der Waals surface area contributed by atoms with Crippen molar-refractivity contribution in [1.29, 1.82) is 0 Å². The van der Waals surface area contributed by atoms with E-state index in [2.05, 4.69) is 29.8 Å². The number of H-pyrrole nitrogens is 1. The Morgan fingerprint density at radius 3 is 2.34 bits per heavy atom. The molecule has 1 aliphatic carbocycles. The molecule has 35 heavy (non-hydrogen) atoms. The molecule has 1 aromatic heterocycles. The summed E-state index contributed by atoms with van der Waals surface area (Å²) in [6.45, 7) is 0. The molecule has 3 N–H and O–H groups in total. The van der Waals surface area contributed by atoms with Crippen molar-refractivity contribution in [3.63, 3.8) is 0 Å². The van der Waals surface area contributed by atoms with Gasteiger partial charge in [-0.25, -0.2) is 4.98 Å². The predicted octanol–water partition coefficient (Wildman–Crippen LogP) is 5.36. The van der Waals surface area contributed by atoms with Crippen molar-refractivity contribution in [2.45, 2.75) is 6.42 Å². The normalized spacial score (nSPS) is 12.8. The maximum atomic E-state index is 12.7. The van der Waals surface area contributed by atoms with Gasteiger partial charge in [0.1, 0.15) is 5.82 Å². The van der Waals surface area contributed by atoms with E-state index >= 15 is 0 Å². The summed E-state index contributed by atoms with van der Waals surface area (Å²) in [4.78, 5) is 33.1. The lowest BCUT2D eigenvalue weighted by atomic mass is 10.1. The summed E-state index contributed by atoms with van der Waals surface area (Å²) >= 11 is 0. The molecule has 4 aromatic rings. The van der Waals surface area contributed by atoms with Crippen LogP contribution in [-0.4, -0.2) is 21.8 Å². The van der Waals surface area contributed by atoms with Gasteiger partial charge in [-0.1, -0.05) is 36.4 Å². The second-order valence-corrected chi connectivity index (χ2v) is 8.78. The van der Waals surface area contributed by atoms with Crippen LogP contribution >= 0.6 is 9.24 Å². The predicted molar refractivity (Wildman–Crippen MR) is 145 cm³/mol. The molecule has 2 amide bonds. The quantitative estimate of drug-likeness (QED) is 0.338. The number of aromatic amines is 1. The average molecular weight is 478 g/mol.